The van der Waals surface area contributed by atoms with Gasteiger partial charge in [-0.1, -0.05) is 18.2 Å². The minimum atomic E-state index is -4.49. The minimum absolute atomic E-state index is 0.00496. The third kappa shape index (κ3) is 5.89. The van der Waals surface area contributed by atoms with Crippen molar-refractivity contribution < 1.29 is 27.5 Å². The molecule has 2 amide bonds. The molecule has 3 heterocycles. The Morgan fingerprint density at radius 3 is 2.49 bits per heavy atom. The van der Waals surface area contributed by atoms with Gasteiger partial charge < -0.3 is 19.4 Å². The Morgan fingerprint density at radius 2 is 1.79 bits per heavy atom. The zero-order valence-corrected chi connectivity index (χ0v) is 21.2. The summed E-state index contributed by atoms with van der Waals surface area (Å²) in [4.78, 5) is 31.5. The highest BCUT2D eigenvalue weighted by molar-refractivity contribution is 6.03. The summed E-state index contributed by atoms with van der Waals surface area (Å²) >= 11 is 0. The fourth-order valence-corrected chi connectivity index (χ4v) is 4.79. The summed E-state index contributed by atoms with van der Waals surface area (Å²) in [7, 11) is 0. The van der Waals surface area contributed by atoms with Crippen LogP contribution in [0, 0.1) is 0 Å². The van der Waals surface area contributed by atoms with E-state index in [0.29, 0.717) is 36.7 Å². The van der Waals surface area contributed by atoms with Crippen LogP contribution in [-0.4, -0.2) is 45.8 Å². The lowest BCUT2D eigenvalue weighted by Crippen LogP contribution is -2.37. The number of likely N-dealkylation sites (tertiary alicyclic amines) is 1. The maximum Gasteiger partial charge on any atom is 0.416 e. The van der Waals surface area contributed by atoms with Crippen molar-refractivity contribution in [2.45, 2.75) is 31.9 Å². The predicted octanol–water partition coefficient (Wildman–Crippen LogP) is 6.02. The first-order valence-electron chi connectivity index (χ1n) is 12.7. The lowest BCUT2D eigenvalue weighted by Gasteiger charge is -2.32. The molecule has 202 valence electrons. The van der Waals surface area contributed by atoms with E-state index in [1.54, 1.807) is 24.3 Å². The van der Waals surface area contributed by atoms with E-state index in [0.717, 1.165) is 30.5 Å². The highest BCUT2D eigenvalue weighted by Gasteiger charge is 2.31. The summed E-state index contributed by atoms with van der Waals surface area (Å²) in [5.41, 5.74) is 1.52. The number of nitrogens with zero attached hydrogens (tertiary/aromatic N) is 3. The number of imidazole rings is 1. The number of alkyl halides is 3. The number of hydrogen-bond acceptors (Lipinski definition) is 4. The first kappa shape index (κ1) is 26.3. The lowest BCUT2D eigenvalue weighted by atomic mass is 9.89. The van der Waals surface area contributed by atoms with Gasteiger partial charge in [0.1, 0.15) is 17.1 Å². The second kappa shape index (κ2) is 10.8. The Kier molecular flexibility index (Phi) is 7.28. The molecule has 39 heavy (non-hydrogen) atoms. The topological polar surface area (TPSA) is 75.9 Å². The standard InChI is InChI=1S/C29H27F3N4O3/c1-2-39-24-5-3-4-21(16-24)28(38)35-13-10-20(11-14-35)19-6-8-23(9-7-19)33-27(37)25-18-36-15-12-22(29(30,31)32)17-26(36)34-25/h3-9,12,15-18,20H,2,10-11,13-14H2,1H3,(H,33,37). The highest BCUT2D eigenvalue weighted by atomic mass is 19.4. The number of hydrogen-bond donors (Lipinski definition) is 1. The van der Waals surface area contributed by atoms with Gasteiger partial charge >= 0.3 is 6.18 Å². The van der Waals surface area contributed by atoms with Gasteiger partial charge in [0.05, 0.1) is 12.2 Å². The molecule has 1 aliphatic heterocycles. The van der Waals surface area contributed by atoms with Crippen molar-refractivity contribution in [2.24, 2.45) is 0 Å². The number of halogens is 3. The third-order valence-electron chi connectivity index (χ3n) is 6.83. The number of rotatable bonds is 6. The summed E-state index contributed by atoms with van der Waals surface area (Å²) in [5, 5.41) is 2.75. The molecule has 0 unspecified atom stereocenters. The van der Waals surface area contributed by atoms with Crippen molar-refractivity contribution in [3.8, 4) is 5.75 Å². The third-order valence-corrected chi connectivity index (χ3v) is 6.83. The SMILES string of the molecule is CCOc1cccc(C(=O)N2CCC(c3ccc(NC(=O)c4cn5ccc(C(F)(F)F)cc5n4)cc3)CC2)c1. The summed E-state index contributed by atoms with van der Waals surface area (Å²) in [6.45, 7) is 3.73. The van der Waals surface area contributed by atoms with E-state index >= 15 is 0 Å². The number of piperidine rings is 1. The number of carbonyl (C=O) groups excluding carboxylic acids is 2. The molecule has 5 rings (SSSR count). The molecule has 0 saturated carbocycles. The molecule has 1 saturated heterocycles. The van der Waals surface area contributed by atoms with Crippen molar-refractivity contribution in [1.82, 2.24) is 14.3 Å². The smallest absolute Gasteiger partial charge is 0.416 e. The number of anilines is 1. The number of aromatic nitrogens is 2. The fourth-order valence-electron chi connectivity index (χ4n) is 4.79. The largest absolute Gasteiger partial charge is 0.494 e. The Bertz CT molecular complexity index is 1490. The number of fused-ring (bicyclic) bond motifs is 1. The molecular weight excluding hydrogens is 509 g/mol. The van der Waals surface area contributed by atoms with Crippen LogP contribution < -0.4 is 10.1 Å². The van der Waals surface area contributed by atoms with E-state index in [1.807, 2.05) is 36.1 Å². The molecule has 0 spiro atoms. The molecule has 0 atom stereocenters. The Hall–Kier alpha value is -4.34. The van der Waals surface area contributed by atoms with E-state index in [1.165, 1.54) is 16.8 Å². The average molecular weight is 537 g/mol. The van der Waals surface area contributed by atoms with Gasteiger partial charge in [0, 0.05) is 36.7 Å². The van der Waals surface area contributed by atoms with E-state index in [2.05, 4.69) is 10.3 Å². The van der Waals surface area contributed by atoms with E-state index in [4.69, 9.17) is 4.74 Å². The highest BCUT2D eigenvalue weighted by Crippen LogP contribution is 2.31. The van der Waals surface area contributed by atoms with E-state index < -0.39 is 17.6 Å². The molecule has 2 aromatic heterocycles. The van der Waals surface area contributed by atoms with Crippen LogP contribution in [0.1, 0.15) is 57.7 Å². The first-order chi connectivity index (χ1) is 18.7. The number of nitrogens with one attached hydrogen (secondary N) is 1. The zero-order valence-electron chi connectivity index (χ0n) is 21.2. The average Bonchev–Trinajstić information content (AvgIpc) is 3.37. The summed E-state index contributed by atoms with van der Waals surface area (Å²) < 4.78 is 45.8. The molecule has 10 heteroatoms. The lowest BCUT2D eigenvalue weighted by molar-refractivity contribution is -0.137. The van der Waals surface area contributed by atoms with Crippen molar-refractivity contribution >= 4 is 23.1 Å². The molecule has 1 aliphatic rings. The van der Waals surface area contributed by atoms with Crippen LogP contribution in [0.3, 0.4) is 0 Å². The fraction of sp³-hybridized carbons (Fsp3) is 0.276. The van der Waals surface area contributed by atoms with Gasteiger partial charge in [-0.15, -0.1) is 0 Å². The number of carbonyl (C=O) groups is 2. The minimum Gasteiger partial charge on any atom is -0.494 e. The molecule has 2 aromatic carbocycles. The van der Waals surface area contributed by atoms with Crippen LogP contribution in [0.2, 0.25) is 0 Å². The number of benzene rings is 2. The maximum absolute atomic E-state index is 13.0. The Morgan fingerprint density at radius 1 is 1.05 bits per heavy atom. The van der Waals surface area contributed by atoms with Crippen LogP contribution in [0.15, 0.2) is 73.1 Å². The van der Waals surface area contributed by atoms with Gasteiger partial charge in [-0.2, -0.15) is 13.2 Å². The molecular formula is C29H27F3N4O3. The van der Waals surface area contributed by atoms with Gasteiger partial charge in [0.25, 0.3) is 11.8 Å². The maximum atomic E-state index is 13.0. The normalized spacial score (nSPS) is 14.4. The zero-order chi connectivity index (χ0) is 27.6. The second-order valence-corrected chi connectivity index (χ2v) is 9.41. The van der Waals surface area contributed by atoms with E-state index in [-0.39, 0.29) is 23.2 Å². The van der Waals surface area contributed by atoms with Crippen molar-refractivity contribution in [3.05, 3.63) is 95.4 Å². The molecule has 1 N–H and O–H groups in total. The first-order valence-corrected chi connectivity index (χ1v) is 12.7. The molecule has 0 bridgehead atoms. The van der Waals surface area contributed by atoms with Crippen LogP contribution >= 0.6 is 0 Å². The van der Waals surface area contributed by atoms with Crippen LogP contribution in [0.4, 0.5) is 18.9 Å². The van der Waals surface area contributed by atoms with Gasteiger partial charge in [-0.25, -0.2) is 4.98 Å². The predicted molar refractivity (Wildman–Crippen MR) is 140 cm³/mol. The Labute approximate surface area is 223 Å². The molecule has 0 radical (unpaired) electrons. The van der Waals surface area contributed by atoms with Crippen LogP contribution in [0.25, 0.3) is 5.65 Å². The molecule has 1 fully saturated rings. The summed E-state index contributed by atoms with van der Waals surface area (Å²) in [5.74, 6) is 0.451. The van der Waals surface area contributed by atoms with Crippen molar-refractivity contribution in [2.75, 3.05) is 25.0 Å². The summed E-state index contributed by atoms with van der Waals surface area (Å²) in [6, 6.07) is 16.6. The van der Waals surface area contributed by atoms with Gasteiger partial charge in [-0.3, -0.25) is 9.59 Å². The molecule has 7 nitrogen and oxygen atoms in total. The molecule has 0 aliphatic carbocycles. The van der Waals surface area contributed by atoms with Gasteiger partial charge in [0.2, 0.25) is 0 Å². The quantitative estimate of drug-likeness (QED) is 0.327. The second-order valence-electron chi connectivity index (χ2n) is 9.41. The number of ether oxygens (including phenoxy) is 1. The van der Waals surface area contributed by atoms with Crippen LogP contribution in [0.5, 0.6) is 5.75 Å². The number of amides is 2. The van der Waals surface area contributed by atoms with Gasteiger partial charge in [-0.05, 0) is 73.7 Å². The van der Waals surface area contributed by atoms with E-state index in [9.17, 15) is 22.8 Å². The van der Waals surface area contributed by atoms with Crippen molar-refractivity contribution in [3.63, 3.8) is 0 Å². The Balaban J connectivity index is 1.18. The van der Waals surface area contributed by atoms with Gasteiger partial charge in [0.15, 0.2) is 0 Å². The monoisotopic (exact) mass is 536 g/mol. The van der Waals surface area contributed by atoms with Crippen molar-refractivity contribution in [1.29, 1.82) is 0 Å². The molecule has 4 aromatic rings. The summed E-state index contributed by atoms with van der Waals surface area (Å²) in [6.07, 6.45) is -0.220. The number of pyridine rings is 1. The van der Waals surface area contributed by atoms with Crippen LogP contribution in [-0.2, 0) is 6.18 Å².